The fourth-order valence-corrected chi connectivity index (χ4v) is 3.16. The second kappa shape index (κ2) is 9.48. The van der Waals surface area contributed by atoms with Gasteiger partial charge in [-0.25, -0.2) is 4.79 Å². The van der Waals surface area contributed by atoms with E-state index in [2.05, 4.69) is 5.32 Å². The lowest BCUT2D eigenvalue weighted by Gasteiger charge is -2.31. The maximum atomic E-state index is 12.1. The Bertz CT molecular complexity index is 347. The van der Waals surface area contributed by atoms with Crippen LogP contribution in [-0.2, 0) is 4.74 Å². The number of hydrogen-bond acceptors (Lipinski definition) is 4. The SMILES string of the molecule is CCC(O)CC(O)[C@H](CC1CCCCC1)NC(=O)OC(C)(C)C. The molecule has 1 aliphatic rings. The van der Waals surface area contributed by atoms with Gasteiger partial charge in [0, 0.05) is 6.42 Å². The maximum Gasteiger partial charge on any atom is 0.407 e. The van der Waals surface area contributed by atoms with Gasteiger partial charge >= 0.3 is 6.09 Å². The topological polar surface area (TPSA) is 78.8 Å². The summed E-state index contributed by atoms with van der Waals surface area (Å²) in [4.78, 5) is 12.1. The van der Waals surface area contributed by atoms with E-state index in [1.807, 2.05) is 27.7 Å². The van der Waals surface area contributed by atoms with Gasteiger partial charge < -0.3 is 20.3 Å². The highest BCUT2D eigenvalue weighted by molar-refractivity contribution is 5.68. The minimum Gasteiger partial charge on any atom is -0.444 e. The van der Waals surface area contributed by atoms with Gasteiger partial charge in [0.2, 0.25) is 0 Å². The molecule has 0 radical (unpaired) electrons. The first-order valence-electron chi connectivity index (χ1n) is 9.07. The lowest BCUT2D eigenvalue weighted by atomic mass is 9.83. The van der Waals surface area contributed by atoms with Crippen LogP contribution in [0, 0.1) is 5.92 Å². The molecule has 0 aromatic rings. The third-order valence-corrected chi connectivity index (χ3v) is 4.46. The second-order valence-electron chi connectivity index (χ2n) is 7.86. The van der Waals surface area contributed by atoms with Crippen LogP contribution in [0.3, 0.4) is 0 Å². The normalized spacial score (nSPS) is 20.6. The molecule has 2 unspecified atom stereocenters. The highest BCUT2D eigenvalue weighted by Gasteiger charge is 2.29. The van der Waals surface area contributed by atoms with E-state index in [4.69, 9.17) is 4.74 Å². The zero-order valence-electron chi connectivity index (χ0n) is 15.2. The summed E-state index contributed by atoms with van der Waals surface area (Å²) in [7, 11) is 0. The highest BCUT2D eigenvalue weighted by Crippen LogP contribution is 2.28. The molecule has 0 aromatic heterocycles. The van der Waals surface area contributed by atoms with Gasteiger partial charge in [-0.3, -0.25) is 0 Å². The van der Waals surface area contributed by atoms with Gasteiger partial charge in [-0.2, -0.15) is 0 Å². The third-order valence-electron chi connectivity index (χ3n) is 4.46. The van der Waals surface area contributed by atoms with E-state index in [0.717, 1.165) is 19.3 Å². The van der Waals surface area contributed by atoms with Crippen LogP contribution in [0.15, 0.2) is 0 Å². The highest BCUT2D eigenvalue weighted by atomic mass is 16.6. The fraction of sp³-hybridized carbons (Fsp3) is 0.944. The molecule has 0 heterocycles. The number of alkyl carbamates (subject to hydrolysis) is 1. The summed E-state index contributed by atoms with van der Waals surface area (Å²) in [5, 5.41) is 23.1. The average molecular weight is 329 g/mol. The molecular weight excluding hydrogens is 294 g/mol. The molecule has 0 bridgehead atoms. The van der Waals surface area contributed by atoms with E-state index < -0.39 is 23.9 Å². The van der Waals surface area contributed by atoms with Gasteiger partial charge in [-0.05, 0) is 39.5 Å². The van der Waals surface area contributed by atoms with Crippen LogP contribution in [0.1, 0.15) is 79.1 Å². The maximum absolute atomic E-state index is 12.1. The molecular formula is C18H35NO4. The largest absolute Gasteiger partial charge is 0.444 e. The standard InChI is InChI=1S/C18H35NO4/c1-5-14(20)12-16(21)15(11-13-9-7-6-8-10-13)19-17(22)23-18(2,3)4/h13-16,20-21H,5-12H2,1-4H3,(H,19,22)/t14?,15-,16?/m0/s1. The molecule has 1 amide bonds. The molecule has 136 valence electrons. The summed E-state index contributed by atoms with van der Waals surface area (Å²) in [5.74, 6) is 0.525. The zero-order valence-corrected chi connectivity index (χ0v) is 15.2. The minimum absolute atomic E-state index is 0.281. The molecule has 0 saturated heterocycles. The van der Waals surface area contributed by atoms with E-state index in [0.29, 0.717) is 12.3 Å². The Morgan fingerprint density at radius 3 is 2.35 bits per heavy atom. The number of amides is 1. The van der Waals surface area contributed by atoms with Crippen molar-refractivity contribution >= 4 is 6.09 Å². The summed E-state index contributed by atoms with van der Waals surface area (Å²) in [6.45, 7) is 7.34. The van der Waals surface area contributed by atoms with Crippen LogP contribution in [0.2, 0.25) is 0 Å². The summed E-state index contributed by atoms with van der Waals surface area (Å²) >= 11 is 0. The number of aliphatic hydroxyl groups is 2. The first-order valence-corrected chi connectivity index (χ1v) is 9.07. The first-order chi connectivity index (χ1) is 10.7. The predicted molar refractivity (Wildman–Crippen MR) is 91.3 cm³/mol. The number of ether oxygens (including phenoxy) is 1. The molecule has 5 nitrogen and oxygen atoms in total. The van der Waals surface area contributed by atoms with Crippen molar-refractivity contribution in [3.63, 3.8) is 0 Å². The summed E-state index contributed by atoms with van der Waals surface area (Å²) < 4.78 is 5.32. The summed E-state index contributed by atoms with van der Waals surface area (Å²) in [6, 6.07) is -0.367. The van der Waals surface area contributed by atoms with Crippen LogP contribution < -0.4 is 5.32 Å². The Balaban J connectivity index is 2.64. The number of rotatable bonds is 7. The van der Waals surface area contributed by atoms with E-state index in [9.17, 15) is 15.0 Å². The Morgan fingerprint density at radius 2 is 1.83 bits per heavy atom. The third kappa shape index (κ3) is 8.56. The van der Waals surface area contributed by atoms with Crippen molar-refractivity contribution in [2.75, 3.05) is 0 Å². The predicted octanol–water partition coefficient (Wildman–Crippen LogP) is 3.37. The van der Waals surface area contributed by atoms with Crippen molar-refractivity contribution in [2.24, 2.45) is 5.92 Å². The van der Waals surface area contributed by atoms with Crippen LogP contribution >= 0.6 is 0 Å². The Kier molecular flexibility index (Phi) is 8.34. The minimum atomic E-state index is -0.751. The van der Waals surface area contributed by atoms with Crippen molar-refractivity contribution in [1.29, 1.82) is 0 Å². The molecule has 5 heteroatoms. The van der Waals surface area contributed by atoms with Crippen molar-refractivity contribution in [1.82, 2.24) is 5.32 Å². The van der Waals surface area contributed by atoms with Crippen molar-refractivity contribution < 1.29 is 19.7 Å². The molecule has 3 N–H and O–H groups in total. The van der Waals surface area contributed by atoms with Crippen LogP contribution in [0.4, 0.5) is 4.79 Å². The Hall–Kier alpha value is -0.810. The van der Waals surface area contributed by atoms with Crippen LogP contribution in [0.5, 0.6) is 0 Å². The molecule has 1 aliphatic carbocycles. The van der Waals surface area contributed by atoms with Gasteiger partial charge in [0.25, 0.3) is 0 Å². The van der Waals surface area contributed by atoms with E-state index in [1.54, 1.807) is 0 Å². The first kappa shape index (κ1) is 20.2. The Morgan fingerprint density at radius 1 is 1.22 bits per heavy atom. The molecule has 1 fully saturated rings. The molecule has 0 aliphatic heterocycles. The van der Waals surface area contributed by atoms with Gasteiger partial charge in [0.1, 0.15) is 5.60 Å². The zero-order chi connectivity index (χ0) is 17.5. The molecule has 1 saturated carbocycles. The van der Waals surface area contributed by atoms with Gasteiger partial charge in [0.15, 0.2) is 0 Å². The van der Waals surface area contributed by atoms with E-state index in [1.165, 1.54) is 19.3 Å². The quantitative estimate of drug-likeness (QED) is 0.669. The monoisotopic (exact) mass is 329 g/mol. The lowest BCUT2D eigenvalue weighted by molar-refractivity contribution is 0.0252. The molecule has 0 aromatic carbocycles. The van der Waals surface area contributed by atoms with Crippen LogP contribution in [-0.4, -0.2) is 40.2 Å². The number of hydrogen-bond donors (Lipinski definition) is 3. The van der Waals surface area contributed by atoms with Crippen molar-refractivity contribution in [3.8, 4) is 0 Å². The lowest BCUT2D eigenvalue weighted by Crippen LogP contribution is -2.47. The number of carbonyl (C=O) groups excluding carboxylic acids is 1. The number of nitrogens with one attached hydrogen (secondary N) is 1. The average Bonchev–Trinajstić information content (AvgIpc) is 2.45. The van der Waals surface area contributed by atoms with E-state index >= 15 is 0 Å². The van der Waals surface area contributed by atoms with Crippen LogP contribution in [0.25, 0.3) is 0 Å². The summed E-state index contributed by atoms with van der Waals surface area (Å²) in [6.07, 6.45) is 5.85. The summed E-state index contributed by atoms with van der Waals surface area (Å²) in [5.41, 5.74) is -0.562. The van der Waals surface area contributed by atoms with Gasteiger partial charge in [-0.15, -0.1) is 0 Å². The number of carbonyl (C=O) groups is 1. The number of aliphatic hydroxyl groups excluding tert-OH is 2. The van der Waals surface area contributed by atoms with Gasteiger partial charge in [-0.1, -0.05) is 39.0 Å². The van der Waals surface area contributed by atoms with E-state index in [-0.39, 0.29) is 12.5 Å². The Labute approximate surface area is 140 Å². The fourth-order valence-electron chi connectivity index (χ4n) is 3.16. The molecule has 1 rings (SSSR count). The molecule has 3 atom stereocenters. The molecule has 0 spiro atoms. The molecule has 23 heavy (non-hydrogen) atoms. The second-order valence-corrected chi connectivity index (χ2v) is 7.86. The van der Waals surface area contributed by atoms with Gasteiger partial charge in [0.05, 0.1) is 18.2 Å². The van der Waals surface area contributed by atoms with Crippen molar-refractivity contribution in [3.05, 3.63) is 0 Å². The smallest absolute Gasteiger partial charge is 0.407 e. The van der Waals surface area contributed by atoms with Crippen molar-refractivity contribution in [2.45, 2.75) is 103 Å².